The summed E-state index contributed by atoms with van der Waals surface area (Å²) in [6.45, 7) is 17.1. The minimum atomic E-state index is 0.275. The summed E-state index contributed by atoms with van der Waals surface area (Å²) in [5.74, 6) is 1.87. The van der Waals surface area contributed by atoms with E-state index in [1.54, 1.807) is 0 Å². The monoisotopic (exact) mass is 376 g/mol. The zero-order valence-corrected chi connectivity index (χ0v) is 18.8. The third kappa shape index (κ3) is 13.9. The van der Waals surface area contributed by atoms with Crippen LogP contribution in [0.1, 0.15) is 73.1 Å². The zero-order valence-electron chi connectivity index (χ0n) is 17.0. The number of rotatable bonds is 16. The molecule has 0 aromatic heterocycles. The Labute approximate surface area is 163 Å². The molecule has 2 nitrogen and oxygen atoms in total. The summed E-state index contributed by atoms with van der Waals surface area (Å²) < 4.78 is 0. The van der Waals surface area contributed by atoms with Crippen molar-refractivity contribution in [2.75, 3.05) is 44.2 Å². The molecule has 0 aromatic rings. The summed E-state index contributed by atoms with van der Waals surface area (Å²) in [7, 11) is 0. The van der Waals surface area contributed by atoms with Crippen LogP contribution in [0, 0.1) is 10.8 Å². The molecule has 0 rings (SSSR count). The van der Waals surface area contributed by atoms with Gasteiger partial charge in [-0.3, -0.25) is 0 Å². The Morgan fingerprint density at radius 1 is 0.792 bits per heavy atom. The number of unbranched alkanes of at least 4 members (excludes halogenated alkanes) is 5. The van der Waals surface area contributed by atoms with Crippen molar-refractivity contribution < 1.29 is 0 Å². The Kier molecular flexibility index (Phi) is 14.1. The fraction of sp³-hybridized carbons (Fsp3) is 1.00. The smallest absolute Gasteiger partial charge is 0.0107 e. The summed E-state index contributed by atoms with van der Waals surface area (Å²) in [5.41, 5.74) is 0.563. The Morgan fingerprint density at radius 3 is 1.96 bits per heavy atom. The van der Waals surface area contributed by atoms with Gasteiger partial charge in [0, 0.05) is 26.2 Å². The molecule has 0 aliphatic carbocycles. The Hall–Kier alpha value is 0.620. The van der Waals surface area contributed by atoms with Gasteiger partial charge < -0.3 is 10.2 Å². The topological polar surface area (TPSA) is 15.3 Å². The summed E-state index contributed by atoms with van der Waals surface area (Å²) in [5, 5.41) is 3.62. The molecule has 146 valence electrons. The first-order valence-corrected chi connectivity index (χ1v) is 11.2. The minimum absolute atomic E-state index is 0.275. The first kappa shape index (κ1) is 24.6. The van der Waals surface area contributed by atoms with E-state index in [0.717, 1.165) is 37.7 Å². The molecule has 0 heterocycles. The lowest BCUT2D eigenvalue weighted by Crippen LogP contribution is -2.41. The predicted molar refractivity (Wildman–Crippen MR) is 118 cm³/mol. The van der Waals surface area contributed by atoms with Gasteiger partial charge in [0.25, 0.3) is 0 Å². The number of hydrogen-bond donors (Lipinski definition) is 3. The standard InChI is InChI=1S/C20H44N2S2/c1-6-7-8-9-10-11-13-22(16-20(4,5)18-24)14-12-21-15-19(2,3)17-23/h21,23-24H,6-18H2,1-5H3. The van der Waals surface area contributed by atoms with Crippen LogP contribution in [0.5, 0.6) is 0 Å². The van der Waals surface area contributed by atoms with Crippen LogP contribution in [0.4, 0.5) is 0 Å². The molecule has 0 saturated heterocycles. The number of thiol groups is 2. The second-order valence-corrected chi connectivity index (χ2v) is 9.50. The molecule has 0 saturated carbocycles. The van der Waals surface area contributed by atoms with Crippen LogP contribution in [-0.2, 0) is 0 Å². The van der Waals surface area contributed by atoms with Crippen molar-refractivity contribution in [3.05, 3.63) is 0 Å². The van der Waals surface area contributed by atoms with Crippen LogP contribution in [0.3, 0.4) is 0 Å². The maximum atomic E-state index is 4.53. The molecular formula is C20H44N2S2. The van der Waals surface area contributed by atoms with E-state index in [9.17, 15) is 0 Å². The summed E-state index contributed by atoms with van der Waals surface area (Å²) in [6, 6.07) is 0. The Bertz CT molecular complexity index is 293. The van der Waals surface area contributed by atoms with Gasteiger partial charge >= 0.3 is 0 Å². The normalized spacial score (nSPS) is 13.0. The molecule has 0 radical (unpaired) electrons. The lowest BCUT2D eigenvalue weighted by molar-refractivity contribution is 0.189. The lowest BCUT2D eigenvalue weighted by Gasteiger charge is -2.32. The average Bonchev–Trinajstić information content (AvgIpc) is 2.54. The Balaban J connectivity index is 4.14. The molecule has 24 heavy (non-hydrogen) atoms. The van der Waals surface area contributed by atoms with E-state index in [1.807, 2.05) is 0 Å². The lowest BCUT2D eigenvalue weighted by atomic mass is 9.95. The van der Waals surface area contributed by atoms with Crippen molar-refractivity contribution in [1.82, 2.24) is 10.2 Å². The maximum absolute atomic E-state index is 4.53. The highest BCUT2D eigenvalue weighted by Crippen LogP contribution is 2.19. The van der Waals surface area contributed by atoms with Crippen LogP contribution in [0.15, 0.2) is 0 Å². The highest BCUT2D eigenvalue weighted by atomic mass is 32.1. The van der Waals surface area contributed by atoms with Crippen molar-refractivity contribution in [2.24, 2.45) is 10.8 Å². The van der Waals surface area contributed by atoms with Crippen molar-refractivity contribution in [2.45, 2.75) is 73.1 Å². The highest BCUT2D eigenvalue weighted by Gasteiger charge is 2.20. The van der Waals surface area contributed by atoms with Gasteiger partial charge in [-0.1, -0.05) is 66.7 Å². The quantitative estimate of drug-likeness (QED) is 0.255. The largest absolute Gasteiger partial charge is 0.315 e. The van der Waals surface area contributed by atoms with Gasteiger partial charge in [0.2, 0.25) is 0 Å². The van der Waals surface area contributed by atoms with Crippen LogP contribution in [0.25, 0.3) is 0 Å². The SMILES string of the molecule is CCCCCCCCN(CCNCC(C)(C)CS)CC(C)(C)CS. The van der Waals surface area contributed by atoms with Gasteiger partial charge in [0.1, 0.15) is 0 Å². The van der Waals surface area contributed by atoms with Gasteiger partial charge in [-0.15, -0.1) is 0 Å². The van der Waals surface area contributed by atoms with E-state index in [-0.39, 0.29) is 10.8 Å². The van der Waals surface area contributed by atoms with Gasteiger partial charge in [0.15, 0.2) is 0 Å². The van der Waals surface area contributed by atoms with E-state index in [1.165, 1.54) is 45.1 Å². The molecular weight excluding hydrogens is 332 g/mol. The van der Waals surface area contributed by atoms with E-state index < -0.39 is 0 Å². The second-order valence-electron chi connectivity index (χ2n) is 8.87. The van der Waals surface area contributed by atoms with E-state index >= 15 is 0 Å². The molecule has 0 aliphatic heterocycles. The summed E-state index contributed by atoms with van der Waals surface area (Å²) in [4.78, 5) is 2.64. The van der Waals surface area contributed by atoms with Crippen LogP contribution in [0.2, 0.25) is 0 Å². The molecule has 0 aliphatic rings. The molecule has 0 fully saturated rings. The summed E-state index contributed by atoms with van der Waals surface area (Å²) >= 11 is 8.97. The molecule has 0 atom stereocenters. The Morgan fingerprint density at radius 2 is 1.38 bits per heavy atom. The number of nitrogens with zero attached hydrogens (tertiary/aromatic N) is 1. The first-order chi connectivity index (χ1) is 11.3. The average molecular weight is 377 g/mol. The van der Waals surface area contributed by atoms with Crippen molar-refractivity contribution in [3.63, 3.8) is 0 Å². The van der Waals surface area contributed by atoms with Crippen molar-refractivity contribution in [1.29, 1.82) is 0 Å². The second kappa shape index (κ2) is 13.8. The molecule has 1 N–H and O–H groups in total. The maximum Gasteiger partial charge on any atom is 0.0107 e. The molecule has 0 amide bonds. The van der Waals surface area contributed by atoms with Gasteiger partial charge in [-0.25, -0.2) is 0 Å². The number of hydrogen-bond acceptors (Lipinski definition) is 4. The highest BCUT2D eigenvalue weighted by molar-refractivity contribution is 7.80. The van der Waals surface area contributed by atoms with Crippen molar-refractivity contribution in [3.8, 4) is 0 Å². The zero-order chi connectivity index (χ0) is 18.5. The van der Waals surface area contributed by atoms with Gasteiger partial charge in [0.05, 0.1) is 0 Å². The third-order valence-electron chi connectivity index (χ3n) is 4.54. The summed E-state index contributed by atoms with van der Waals surface area (Å²) in [6.07, 6.45) is 8.22. The van der Waals surface area contributed by atoms with E-state index in [2.05, 4.69) is 70.1 Å². The number of nitrogens with one attached hydrogen (secondary N) is 1. The predicted octanol–water partition coefficient (Wildman–Crippen LogP) is 5.15. The molecule has 0 unspecified atom stereocenters. The van der Waals surface area contributed by atoms with Gasteiger partial charge in [-0.2, -0.15) is 25.3 Å². The fourth-order valence-corrected chi connectivity index (χ4v) is 2.97. The van der Waals surface area contributed by atoms with Crippen LogP contribution >= 0.6 is 25.3 Å². The molecule has 0 spiro atoms. The fourth-order valence-electron chi connectivity index (χ4n) is 2.76. The van der Waals surface area contributed by atoms with Crippen LogP contribution < -0.4 is 5.32 Å². The van der Waals surface area contributed by atoms with Crippen molar-refractivity contribution >= 4 is 25.3 Å². The van der Waals surface area contributed by atoms with Gasteiger partial charge in [-0.05, 0) is 35.3 Å². The minimum Gasteiger partial charge on any atom is -0.315 e. The van der Waals surface area contributed by atoms with E-state index in [4.69, 9.17) is 0 Å². The molecule has 4 heteroatoms. The van der Waals surface area contributed by atoms with E-state index in [0.29, 0.717) is 0 Å². The first-order valence-electron chi connectivity index (χ1n) is 9.91. The molecule has 0 aromatic carbocycles. The third-order valence-corrected chi connectivity index (χ3v) is 6.26. The van der Waals surface area contributed by atoms with Crippen LogP contribution in [-0.4, -0.2) is 49.1 Å². The molecule has 0 bridgehead atoms.